The van der Waals surface area contributed by atoms with Gasteiger partial charge in [0.25, 0.3) is 0 Å². The lowest BCUT2D eigenvalue weighted by Crippen LogP contribution is -2.42. The number of hydrogen-bond acceptors (Lipinski definition) is 3. The van der Waals surface area contributed by atoms with E-state index in [-0.39, 0.29) is 35.9 Å². The standard InChI is InChI=1S/C26H29F6NO2.ClH/c1-17(20-13-21(25(27,28)29)15-22(14-20)26(30,31)32)35-24-23(18-7-3-2-4-8-18)19(9-12-34-24)16-33-10-5-6-11-33;/h2-4,7-8,13-15,17,19,23-24H,5-6,9-12,16H2,1H3;1H/t17-,19-,23-,24-;/m1./s1. The molecular formula is C26H30ClF6NO2. The molecule has 2 saturated heterocycles. The van der Waals surface area contributed by atoms with Gasteiger partial charge in [-0.3, -0.25) is 0 Å². The fourth-order valence-corrected chi connectivity index (χ4v) is 5.06. The summed E-state index contributed by atoms with van der Waals surface area (Å²) in [6.07, 6.45) is -8.57. The Morgan fingerprint density at radius 1 is 0.944 bits per heavy atom. The van der Waals surface area contributed by atoms with Crippen LogP contribution in [0.4, 0.5) is 26.3 Å². The van der Waals surface area contributed by atoms with Crippen LogP contribution in [-0.2, 0) is 21.8 Å². The quantitative estimate of drug-likeness (QED) is 0.357. The van der Waals surface area contributed by atoms with Crippen LogP contribution >= 0.6 is 12.4 Å². The van der Waals surface area contributed by atoms with Gasteiger partial charge in [0.1, 0.15) is 0 Å². The molecule has 2 aromatic carbocycles. The number of hydrogen-bond donors (Lipinski definition) is 0. The van der Waals surface area contributed by atoms with Crippen molar-refractivity contribution in [3.63, 3.8) is 0 Å². The van der Waals surface area contributed by atoms with Crippen molar-refractivity contribution in [3.8, 4) is 0 Å². The number of likely N-dealkylation sites (tertiary alicyclic amines) is 1. The van der Waals surface area contributed by atoms with Crippen molar-refractivity contribution in [1.29, 1.82) is 0 Å². The van der Waals surface area contributed by atoms with E-state index in [1.165, 1.54) is 6.92 Å². The first-order valence-corrected chi connectivity index (χ1v) is 11.9. The van der Waals surface area contributed by atoms with Gasteiger partial charge < -0.3 is 14.4 Å². The second-order valence-corrected chi connectivity index (χ2v) is 9.35. The van der Waals surface area contributed by atoms with Crippen LogP contribution in [0.25, 0.3) is 0 Å². The van der Waals surface area contributed by atoms with Crippen LogP contribution in [0.5, 0.6) is 0 Å². The van der Waals surface area contributed by atoms with Crippen LogP contribution in [0.1, 0.15) is 60.5 Å². The van der Waals surface area contributed by atoms with E-state index in [1.54, 1.807) is 0 Å². The fraction of sp³-hybridized carbons (Fsp3) is 0.538. The highest BCUT2D eigenvalue weighted by atomic mass is 35.5. The monoisotopic (exact) mass is 537 g/mol. The summed E-state index contributed by atoms with van der Waals surface area (Å²) in [7, 11) is 0. The van der Waals surface area contributed by atoms with Gasteiger partial charge in [-0.1, -0.05) is 30.3 Å². The highest BCUT2D eigenvalue weighted by Gasteiger charge is 2.40. The maximum Gasteiger partial charge on any atom is 0.416 e. The lowest BCUT2D eigenvalue weighted by molar-refractivity contribution is -0.210. The lowest BCUT2D eigenvalue weighted by atomic mass is 9.81. The second kappa shape index (κ2) is 11.7. The summed E-state index contributed by atoms with van der Waals surface area (Å²) >= 11 is 0. The Kier molecular flexibility index (Phi) is 9.36. The number of halogens is 7. The van der Waals surface area contributed by atoms with E-state index < -0.39 is 35.9 Å². The predicted octanol–water partition coefficient (Wildman–Crippen LogP) is 7.47. The van der Waals surface area contributed by atoms with Crippen molar-refractivity contribution in [1.82, 2.24) is 4.90 Å². The molecule has 2 aromatic rings. The largest absolute Gasteiger partial charge is 0.416 e. The minimum absolute atomic E-state index is 0. The minimum Gasteiger partial charge on any atom is -0.352 e. The van der Waals surface area contributed by atoms with E-state index in [0.29, 0.717) is 6.61 Å². The highest BCUT2D eigenvalue weighted by Crippen LogP contribution is 2.41. The summed E-state index contributed by atoms with van der Waals surface area (Å²) in [4.78, 5) is 2.40. The third kappa shape index (κ3) is 6.94. The molecular weight excluding hydrogens is 508 g/mol. The first kappa shape index (κ1) is 28.8. The highest BCUT2D eigenvalue weighted by molar-refractivity contribution is 5.85. The maximum atomic E-state index is 13.3. The summed E-state index contributed by atoms with van der Waals surface area (Å²) in [6, 6.07) is 11.2. The second-order valence-electron chi connectivity index (χ2n) is 9.35. The molecule has 0 radical (unpaired) electrons. The number of rotatable bonds is 6. The average molecular weight is 538 g/mol. The van der Waals surface area contributed by atoms with E-state index in [0.717, 1.165) is 56.6 Å². The molecule has 200 valence electrons. The summed E-state index contributed by atoms with van der Waals surface area (Å²) in [6.45, 7) is 4.76. The average Bonchev–Trinajstić information content (AvgIpc) is 3.31. The van der Waals surface area contributed by atoms with E-state index >= 15 is 0 Å². The van der Waals surface area contributed by atoms with Crippen LogP contribution in [0.15, 0.2) is 48.5 Å². The zero-order valence-corrected chi connectivity index (χ0v) is 20.6. The molecule has 0 N–H and O–H groups in total. The minimum atomic E-state index is -4.91. The molecule has 0 bridgehead atoms. The summed E-state index contributed by atoms with van der Waals surface area (Å²) in [5, 5.41) is 0. The molecule has 0 spiro atoms. The molecule has 0 amide bonds. The van der Waals surface area contributed by atoms with E-state index in [4.69, 9.17) is 9.47 Å². The van der Waals surface area contributed by atoms with Gasteiger partial charge in [-0.05, 0) is 74.5 Å². The number of benzene rings is 2. The van der Waals surface area contributed by atoms with Gasteiger partial charge in [0.2, 0.25) is 0 Å². The van der Waals surface area contributed by atoms with Gasteiger partial charge in [-0.25, -0.2) is 0 Å². The molecule has 0 unspecified atom stereocenters. The smallest absolute Gasteiger partial charge is 0.352 e. The summed E-state index contributed by atoms with van der Waals surface area (Å²) < 4.78 is 92.1. The van der Waals surface area contributed by atoms with Crippen LogP contribution in [0.3, 0.4) is 0 Å². The third-order valence-corrected chi connectivity index (χ3v) is 6.87. The van der Waals surface area contributed by atoms with Crippen LogP contribution in [0.2, 0.25) is 0 Å². The third-order valence-electron chi connectivity index (χ3n) is 6.87. The van der Waals surface area contributed by atoms with Crippen LogP contribution in [-0.4, -0.2) is 37.4 Å². The lowest BCUT2D eigenvalue weighted by Gasteiger charge is -2.41. The van der Waals surface area contributed by atoms with Crippen molar-refractivity contribution < 1.29 is 35.8 Å². The molecule has 2 aliphatic heterocycles. The van der Waals surface area contributed by atoms with E-state index in [9.17, 15) is 26.3 Å². The zero-order valence-electron chi connectivity index (χ0n) is 19.8. The number of ether oxygens (including phenoxy) is 2. The van der Waals surface area contributed by atoms with Gasteiger partial charge in [0.15, 0.2) is 6.29 Å². The molecule has 0 aromatic heterocycles. The first-order chi connectivity index (χ1) is 16.5. The Labute approximate surface area is 213 Å². The predicted molar refractivity (Wildman–Crippen MR) is 126 cm³/mol. The number of alkyl halides is 6. The molecule has 0 saturated carbocycles. The topological polar surface area (TPSA) is 21.7 Å². The van der Waals surface area contributed by atoms with Crippen LogP contribution in [0, 0.1) is 5.92 Å². The molecule has 2 aliphatic rings. The molecule has 0 aliphatic carbocycles. The van der Waals surface area contributed by atoms with Gasteiger partial charge >= 0.3 is 12.4 Å². The van der Waals surface area contributed by atoms with Crippen molar-refractivity contribution in [2.24, 2.45) is 5.92 Å². The van der Waals surface area contributed by atoms with Crippen molar-refractivity contribution in [2.45, 2.75) is 56.9 Å². The Bertz CT molecular complexity index is 946. The van der Waals surface area contributed by atoms with Gasteiger partial charge in [-0.15, -0.1) is 12.4 Å². The zero-order chi connectivity index (χ0) is 25.2. The van der Waals surface area contributed by atoms with Crippen molar-refractivity contribution in [2.75, 3.05) is 26.2 Å². The van der Waals surface area contributed by atoms with Crippen molar-refractivity contribution >= 4 is 12.4 Å². The van der Waals surface area contributed by atoms with Crippen molar-refractivity contribution in [3.05, 3.63) is 70.8 Å². The molecule has 2 heterocycles. The number of nitrogens with zero attached hydrogens (tertiary/aromatic N) is 1. The molecule has 4 rings (SSSR count). The molecule has 10 heteroatoms. The van der Waals surface area contributed by atoms with Gasteiger partial charge in [-0.2, -0.15) is 26.3 Å². The Balaban J connectivity index is 0.00000361. The molecule has 2 fully saturated rings. The first-order valence-electron chi connectivity index (χ1n) is 11.9. The SMILES string of the molecule is C[C@@H](O[C@H]1OCC[C@H](CN2CCCC2)[C@H]1c1ccccc1)c1cc(C(F)(F)F)cc(C(F)(F)F)c1.Cl. The van der Waals surface area contributed by atoms with Gasteiger partial charge in [0, 0.05) is 12.5 Å². The summed E-state index contributed by atoms with van der Waals surface area (Å²) in [5.41, 5.74) is -1.92. The van der Waals surface area contributed by atoms with E-state index in [2.05, 4.69) is 4.90 Å². The Hall–Kier alpha value is -1.81. The Morgan fingerprint density at radius 2 is 1.53 bits per heavy atom. The van der Waals surface area contributed by atoms with Crippen LogP contribution < -0.4 is 0 Å². The Morgan fingerprint density at radius 3 is 2.08 bits per heavy atom. The molecule has 4 atom stereocenters. The van der Waals surface area contributed by atoms with Gasteiger partial charge in [0.05, 0.1) is 23.8 Å². The van der Waals surface area contributed by atoms with E-state index in [1.807, 2.05) is 30.3 Å². The molecule has 36 heavy (non-hydrogen) atoms. The molecule has 3 nitrogen and oxygen atoms in total. The summed E-state index contributed by atoms with van der Waals surface area (Å²) in [5.74, 6) is -0.00502. The fourth-order valence-electron chi connectivity index (χ4n) is 5.06. The normalized spacial score (nSPS) is 24.4. The maximum absolute atomic E-state index is 13.3.